The van der Waals surface area contributed by atoms with Crippen molar-refractivity contribution < 1.29 is 14.5 Å². The highest BCUT2D eigenvalue weighted by molar-refractivity contribution is 5.69. The molecule has 5 nitrogen and oxygen atoms in total. The van der Waals surface area contributed by atoms with E-state index in [4.69, 9.17) is 0 Å². The molecule has 2 atom stereocenters. The van der Waals surface area contributed by atoms with E-state index >= 15 is 0 Å². The topological polar surface area (TPSA) is 69.4 Å². The maximum atomic E-state index is 11.2. The second kappa shape index (κ2) is 6.74. The SMILES string of the molecule is COC(=O)CC(C)C(Cc1ccccc1)[N+](=O)[O-]. The average Bonchev–Trinajstić information content (AvgIpc) is 2.36. The highest BCUT2D eigenvalue weighted by Gasteiger charge is 2.30. The molecular weight excluding hydrogens is 234 g/mol. The lowest BCUT2D eigenvalue weighted by atomic mass is 9.93. The van der Waals surface area contributed by atoms with Crippen LogP contribution in [0.1, 0.15) is 18.9 Å². The molecule has 1 rings (SSSR count). The number of hydrogen-bond donors (Lipinski definition) is 0. The Balaban J connectivity index is 2.71. The molecule has 0 radical (unpaired) electrons. The molecule has 0 N–H and O–H groups in total. The van der Waals surface area contributed by atoms with Crippen molar-refractivity contribution in [2.24, 2.45) is 5.92 Å². The van der Waals surface area contributed by atoms with E-state index < -0.39 is 12.0 Å². The Hall–Kier alpha value is -1.91. The second-order valence-corrected chi connectivity index (χ2v) is 4.30. The maximum Gasteiger partial charge on any atom is 0.306 e. The Morgan fingerprint density at radius 2 is 2.00 bits per heavy atom. The first kappa shape index (κ1) is 14.2. The van der Waals surface area contributed by atoms with Gasteiger partial charge in [-0.2, -0.15) is 0 Å². The van der Waals surface area contributed by atoms with E-state index in [2.05, 4.69) is 4.74 Å². The molecule has 0 heterocycles. The standard InChI is InChI=1S/C13H17NO4/c1-10(8-13(15)18-2)12(14(16)17)9-11-6-4-3-5-7-11/h3-7,10,12H,8-9H2,1-2H3. The molecule has 0 aliphatic heterocycles. The number of esters is 1. The molecule has 5 heteroatoms. The summed E-state index contributed by atoms with van der Waals surface area (Å²) >= 11 is 0. The summed E-state index contributed by atoms with van der Waals surface area (Å²) in [6.45, 7) is 1.70. The summed E-state index contributed by atoms with van der Waals surface area (Å²) in [5, 5.41) is 11.1. The van der Waals surface area contributed by atoms with E-state index in [1.807, 2.05) is 30.3 Å². The highest BCUT2D eigenvalue weighted by atomic mass is 16.6. The van der Waals surface area contributed by atoms with E-state index in [1.165, 1.54) is 7.11 Å². The number of hydrogen-bond acceptors (Lipinski definition) is 4. The molecule has 0 aliphatic rings. The maximum absolute atomic E-state index is 11.2. The Morgan fingerprint density at radius 3 is 2.50 bits per heavy atom. The molecule has 2 unspecified atom stereocenters. The van der Waals surface area contributed by atoms with Crippen LogP contribution in [0.3, 0.4) is 0 Å². The Kier molecular flexibility index (Phi) is 5.30. The molecule has 0 aliphatic carbocycles. The Bertz CT molecular complexity index is 405. The summed E-state index contributed by atoms with van der Waals surface area (Å²) < 4.78 is 4.54. The molecule has 0 saturated heterocycles. The van der Waals surface area contributed by atoms with Gasteiger partial charge in [0, 0.05) is 17.3 Å². The lowest BCUT2D eigenvalue weighted by molar-refractivity contribution is -0.531. The van der Waals surface area contributed by atoms with Crippen molar-refractivity contribution in [3.05, 3.63) is 46.0 Å². The quantitative estimate of drug-likeness (QED) is 0.441. The minimum absolute atomic E-state index is 0.0645. The van der Waals surface area contributed by atoms with Crippen molar-refractivity contribution in [2.45, 2.75) is 25.8 Å². The van der Waals surface area contributed by atoms with E-state index in [9.17, 15) is 14.9 Å². The van der Waals surface area contributed by atoms with Gasteiger partial charge in [0.1, 0.15) is 0 Å². The van der Waals surface area contributed by atoms with Gasteiger partial charge in [-0.1, -0.05) is 37.3 Å². The Labute approximate surface area is 106 Å². The summed E-state index contributed by atoms with van der Waals surface area (Å²) in [4.78, 5) is 21.9. The molecule has 0 fully saturated rings. The molecule has 98 valence electrons. The second-order valence-electron chi connectivity index (χ2n) is 4.30. The summed E-state index contributed by atoms with van der Waals surface area (Å²) in [6.07, 6.45) is 0.390. The van der Waals surface area contributed by atoms with Crippen LogP contribution in [0.2, 0.25) is 0 Å². The van der Waals surface area contributed by atoms with Crippen LogP contribution in [0, 0.1) is 16.0 Å². The van der Waals surface area contributed by atoms with Crippen LogP contribution in [-0.4, -0.2) is 24.0 Å². The highest BCUT2D eigenvalue weighted by Crippen LogP contribution is 2.17. The number of nitrogens with zero attached hydrogens (tertiary/aromatic N) is 1. The van der Waals surface area contributed by atoms with E-state index in [1.54, 1.807) is 6.92 Å². The van der Waals surface area contributed by atoms with Crippen LogP contribution in [0.15, 0.2) is 30.3 Å². The van der Waals surface area contributed by atoms with Gasteiger partial charge in [-0.25, -0.2) is 0 Å². The van der Waals surface area contributed by atoms with Crippen LogP contribution in [0.4, 0.5) is 0 Å². The number of carbonyl (C=O) groups excluding carboxylic acids is 1. The van der Waals surface area contributed by atoms with Crippen LogP contribution in [-0.2, 0) is 16.0 Å². The molecule has 1 aromatic carbocycles. The molecule has 1 aromatic rings. The summed E-state index contributed by atoms with van der Waals surface area (Å²) in [5.41, 5.74) is 0.899. The van der Waals surface area contributed by atoms with Gasteiger partial charge in [-0.15, -0.1) is 0 Å². The fraction of sp³-hybridized carbons (Fsp3) is 0.462. The predicted octanol–water partition coefficient (Wildman–Crippen LogP) is 2.07. The molecule has 0 spiro atoms. The van der Waals surface area contributed by atoms with Crippen molar-refractivity contribution in [1.82, 2.24) is 0 Å². The van der Waals surface area contributed by atoms with Crippen molar-refractivity contribution in [2.75, 3.05) is 7.11 Å². The van der Waals surface area contributed by atoms with Crippen LogP contribution in [0.25, 0.3) is 0 Å². The number of methoxy groups -OCH3 is 1. The first-order valence-corrected chi connectivity index (χ1v) is 5.78. The van der Waals surface area contributed by atoms with E-state index in [-0.39, 0.29) is 17.3 Å². The normalized spacial score (nSPS) is 13.7. The van der Waals surface area contributed by atoms with Crippen molar-refractivity contribution in [3.63, 3.8) is 0 Å². The van der Waals surface area contributed by atoms with Gasteiger partial charge >= 0.3 is 5.97 Å². The largest absolute Gasteiger partial charge is 0.469 e. The monoisotopic (exact) mass is 251 g/mol. The molecule has 0 bridgehead atoms. The molecule has 0 saturated carbocycles. The lowest BCUT2D eigenvalue weighted by Gasteiger charge is -2.16. The zero-order chi connectivity index (χ0) is 13.5. The van der Waals surface area contributed by atoms with E-state index in [0.29, 0.717) is 6.42 Å². The number of ether oxygens (including phenoxy) is 1. The minimum atomic E-state index is -0.772. The summed E-state index contributed by atoms with van der Waals surface area (Å²) in [6, 6.07) is 8.48. The fourth-order valence-corrected chi connectivity index (χ4v) is 1.82. The average molecular weight is 251 g/mol. The zero-order valence-electron chi connectivity index (χ0n) is 10.5. The molecule has 0 amide bonds. The lowest BCUT2D eigenvalue weighted by Crippen LogP contribution is -2.31. The number of benzene rings is 1. The molecule has 18 heavy (non-hydrogen) atoms. The van der Waals surface area contributed by atoms with Gasteiger partial charge in [-0.3, -0.25) is 14.9 Å². The van der Waals surface area contributed by atoms with Crippen LogP contribution < -0.4 is 0 Å². The first-order valence-electron chi connectivity index (χ1n) is 5.78. The first-order chi connectivity index (χ1) is 8.54. The van der Waals surface area contributed by atoms with Crippen LogP contribution in [0.5, 0.6) is 0 Å². The summed E-state index contributed by atoms with van der Waals surface area (Å²) in [7, 11) is 1.29. The third-order valence-corrected chi connectivity index (χ3v) is 2.93. The fourth-order valence-electron chi connectivity index (χ4n) is 1.82. The van der Waals surface area contributed by atoms with Gasteiger partial charge in [0.25, 0.3) is 0 Å². The Morgan fingerprint density at radius 1 is 1.39 bits per heavy atom. The number of rotatable bonds is 6. The summed E-state index contributed by atoms with van der Waals surface area (Å²) in [5.74, 6) is -0.768. The molecule has 0 aromatic heterocycles. The van der Waals surface area contributed by atoms with Crippen molar-refractivity contribution in [3.8, 4) is 0 Å². The van der Waals surface area contributed by atoms with Crippen molar-refractivity contribution >= 4 is 5.97 Å². The van der Waals surface area contributed by atoms with Crippen LogP contribution >= 0.6 is 0 Å². The number of carbonyl (C=O) groups is 1. The smallest absolute Gasteiger partial charge is 0.306 e. The third kappa shape index (κ3) is 4.16. The van der Waals surface area contributed by atoms with Gasteiger partial charge in [-0.05, 0) is 5.56 Å². The molecular formula is C13H17NO4. The zero-order valence-corrected chi connectivity index (χ0v) is 10.5. The van der Waals surface area contributed by atoms with Gasteiger partial charge in [0.2, 0.25) is 6.04 Å². The van der Waals surface area contributed by atoms with Gasteiger partial charge in [0.15, 0.2) is 0 Å². The van der Waals surface area contributed by atoms with Gasteiger partial charge in [0.05, 0.1) is 13.5 Å². The predicted molar refractivity (Wildman–Crippen MR) is 66.7 cm³/mol. The van der Waals surface area contributed by atoms with E-state index in [0.717, 1.165) is 5.56 Å². The van der Waals surface area contributed by atoms with Crippen molar-refractivity contribution in [1.29, 1.82) is 0 Å². The third-order valence-electron chi connectivity index (χ3n) is 2.93. The number of nitro groups is 1. The van der Waals surface area contributed by atoms with Gasteiger partial charge < -0.3 is 4.74 Å². The minimum Gasteiger partial charge on any atom is -0.469 e.